The van der Waals surface area contributed by atoms with E-state index in [0.29, 0.717) is 35.8 Å². The smallest absolute Gasteiger partial charge is 0.257 e. The fraction of sp³-hybridized carbons (Fsp3) is 0.150. The van der Waals surface area contributed by atoms with E-state index in [-0.39, 0.29) is 11.8 Å². The first-order valence-electron chi connectivity index (χ1n) is 8.40. The summed E-state index contributed by atoms with van der Waals surface area (Å²) in [5.74, 6) is -0.145. The Balaban J connectivity index is 1.47. The predicted molar refractivity (Wildman–Crippen MR) is 101 cm³/mol. The molecule has 0 bridgehead atoms. The quantitative estimate of drug-likeness (QED) is 0.773. The van der Waals surface area contributed by atoms with Gasteiger partial charge in [0, 0.05) is 29.0 Å². The maximum Gasteiger partial charge on any atom is 0.257 e. The lowest BCUT2D eigenvalue weighted by molar-refractivity contribution is 0.0736. The van der Waals surface area contributed by atoms with Crippen molar-refractivity contribution < 1.29 is 9.59 Å². The largest absolute Gasteiger partial charge is 0.333 e. The third kappa shape index (κ3) is 3.36. The first kappa shape index (κ1) is 16.5. The Morgan fingerprint density at radius 2 is 1.62 bits per heavy atom. The lowest BCUT2D eigenvalue weighted by Gasteiger charge is -2.26. The molecule has 130 valence electrons. The van der Waals surface area contributed by atoms with Gasteiger partial charge in [0.1, 0.15) is 0 Å². The SMILES string of the molecule is O=C(Nc1nc2c(s1)CN(C(=O)c1ccccc1)CC2)c1ccccc1. The molecule has 0 saturated heterocycles. The molecule has 0 spiro atoms. The van der Waals surface area contributed by atoms with E-state index in [0.717, 1.165) is 10.6 Å². The van der Waals surface area contributed by atoms with Crippen LogP contribution in [0.1, 0.15) is 31.3 Å². The summed E-state index contributed by atoms with van der Waals surface area (Å²) in [5, 5.41) is 3.44. The number of hydrogen-bond donors (Lipinski definition) is 1. The fourth-order valence-corrected chi connectivity index (χ4v) is 3.96. The highest BCUT2D eigenvalue weighted by molar-refractivity contribution is 7.15. The zero-order valence-corrected chi connectivity index (χ0v) is 14.8. The van der Waals surface area contributed by atoms with Crippen LogP contribution < -0.4 is 5.32 Å². The number of anilines is 1. The molecule has 2 aromatic carbocycles. The second kappa shape index (κ2) is 7.09. The van der Waals surface area contributed by atoms with Gasteiger partial charge in [-0.25, -0.2) is 4.98 Å². The van der Waals surface area contributed by atoms with Gasteiger partial charge in [0.05, 0.1) is 12.2 Å². The number of aromatic nitrogens is 1. The van der Waals surface area contributed by atoms with E-state index in [4.69, 9.17) is 0 Å². The summed E-state index contributed by atoms with van der Waals surface area (Å²) in [6, 6.07) is 18.4. The number of thiazole rings is 1. The molecular formula is C20H17N3O2S. The Bertz CT molecular complexity index is 938. The van der Waals surface area contributed by atoms with Gasteiger partial charge in [-0.1, -0.05) is 47.7 Å². The lowest BCUT2D eigenvalue weighted by Crippen LogP contribution is -2.35. The molecule has 1 aliphatic rings. The van der Waals surface area contributed by atoms with E-state index in [9.17, 15) is 9.59 Å². The monoisotopic (exact) mass is 363 g/mol. The fourth-order valence-electron chi connectivity index (χ4n) is 2.94. The van der Waals surface area contributed by atoms with E-state index < -0.39 is 0 Å². The van der Waals surface area contributed by atoms with Crippen molar-refractivity contribution in [2.75, 3.05) is 11.9 Å². The number of carbonyl (C=O) groups excluding carboxylic acids is 2. The van der Waals surface area contributed by atoms with Gasteiger partial charge in [-0.15, -0.1) is 0 Å². The molecule has 3 aromatic rings. The average Bonchev–Trinajstić information content (AvgIpc) is 3.10. The summed E-state index contributed by atoms with van der Waals surface area (Å²) in [7, 11) is 0. The predicted octanol–water partition coefficient (Wildman–Crippen LogP) is 3.59. The maximum absolute atomic E-state index is 12.6. The van der Waals surface area contributed by atoms with E-state index >= 15 is 0 Å². The van der Waals surface area contributed by atoms with Crippen LogP contribution in [0.3, 0.4) is 0 Å². The number of nitrogens with zero attached hydrogens (tertiary/aromatic N) is 2. The van der Waals surface area contributed by atoms with Gasteiger partial charge >= 0.3 is 0 Å². The van der Waals surface area contributed by atoms with Crippen LogP contribution in [0, 0.1) is 0 Å². The second-order valence-electron chi connectivity index (χ2n) is 6.05. The highest BCUT2D eigenvalue weighted by atomic mass is 32.1. The van der Waals surface area contributed by atoms with E-state index in [1.54, 1.807) is 12.1 Å². The number of benzene rings is 2. The summed E-state index contributed by atoms with van der Waals surface area (Å²) < 4.78 is 0. The Morgan fingerprint density at radius 1 is 0.962 bits per heavy atom. The summed E-state index contributed by atoms with van der Waals surface area (Å²) in [5.41, 5.74) is 2.26. The van der Waals surface area contributed by atoms with Crippen molar-refractivity contribution in [3.8, 4) is 0 Å². The van der Waals surface area contributed by atoms with Crippen molar-refractivity contribution in [2.45, 2.75) is 13.0 Å². The average molecular weight is 363 g/mol. The van der Waals surface area contributed by atoms with Crippen molar-refractivity contribution in [2.24, 2.45) is 0 Å². The number of fused-ring (bicyclic) bond motifs is 1. The van der Waals surface area contributed by atoms with Crippen molar-refractivity contribution in [1.29, 1.82) is 0 Å². The van der Waals surface area contributed by atoms with Gasteiger partial charge in [0.15, 0.2) is 5.13 Å². The molecule has 0 atom stereocenters. The minimum atomic E-state index is -0.172. The van der Waals surface area contributed by atoms with Gasteiger partial charge in [-0.2, -0.15) is 0 Å². The second-order valence-corrected chi connectivity index (χ2v) is 7.14. The van der Waals surface area contributed by atoms with Crippen LogP contribution in [-0.4, -0.2) is 28.2 Å². The highest BCUT2D eigenvalue weighted by Crippen LogP contribution is 2.29. The van der Waals surface area contributed by atoms with Crippen LogP contribution in [0.25, 0.3) is 0 Å². The first-order valence-corrected chi connectivity index (χ1v) is 9.21. The van der Waals surface area contributed by atoms with Crippen molar-refractivity contribution in [3.05, 3.63) is 82.4 Å². The van der Waals surface area contributed by atoms with Crippen LogP contribution in [0.5, 0.6) is 0 Å². The molecule has 2 amide bonds. The van der Waals surface area contributed by atoms with Gasteiger partial charge < -0.3 is 4.90 Å². The van der Waals surface area contributed by atoms with Crippen LogP contribution in [0.4, 0.5) is 5.13 Å². The topological polar surface area (TPSA) is 62.3 Å². The Hall–Kier alpha value is -2.99. The molecule has 1 aromatic heterocycles. The van der Waals surface area contributed by atoms with Crippen LogP contribution >= 0.6 is 11.3 Å². The molecule has 0 radical (unpaired) electrons. The molecule has 0 fully saturated rings. The number of hydrogen-bond acceptors (Lipinski definition) is 4. The minimum Gasteiger partial charge on any atom is -0.333 e. The Morgan fingerprint density at radius 3 is 2.31 bits per heavy atom. The molecule has 0 unspecified atom stereocenters. The molecular weight excluding hydrogens is 346 g/mol. The van der Waals surface area contributed by atoms with Gasteiger partial charge in [-0.3, -0.25) is 14.9 Å². The molecule has 6 heteroatoms. The molecule has 0 aliphatic carbocycles. The zero-order chi connectivity index (χ0) is 17.9. The van der Waals surface area contributed by atoms with Gasteiger partial charge in [0.25, 0.3) is 11.8 Å². The zero-order valence-electron chi connectivity index (χ0n) is 14.0. The normalized spacial score (nSPS) is 13.2. The van der Waals surface area contributed by atoms with Gasteiger partial charge in [0.2, 0.25) is 0 Å². The van der Waals surface area contributed by atoms with E-state index in [1.165, 1.54) is 11.3 Å². The summed E-state index contributed by atoms with van der Waals surface area (Å²) >= 11 is 1.44. The number of carbonyl (C=O) groups is 2. The summed E-state index contributed by atoms with van der Waals surface area (Å²) in [6.07, 6.45) is 0.700. The lowest BCUT2D eigenvalue weighted by atomic mass is 10.1. The molecule has 1 aliphatic heterocycles. The first-order chi connectivity index (χ1) is 12.7. The van der Waals surface area contributed by atoms with Crippen LogP contribution in [0.15, 0.2) is 60.7 Å². The van der Waals surface area contributed by atoms with E-state index in [1.807, 2.05) is 53.4 Å². The van der Waals surface area contributed by atoms with Crippen LogP contribution in [-0.2, 0) is 13.0 Å². The minimum absolute atomic E-state index is 0.0273. The molecule has 2 heterocycles. The molecule has 0 saturated carbocycles. The standard InChI is InChI=1S/C20H17N3O2S/c24-18(14-7-3-1-4-8-14)22-20-21-16-11-12-23(13-17(16)26-20)19(25)15-9-5-2-6-10-15/h1-10H,11-13H2,(H,21,22,24). The maximum atomic E-state index is 12.6. The Labute approximate surface area is 155 Å². The van der Waals surface area contributed by atoms with Crippen molar-refractivity contribution in [1.82, 2.24) is 9.88 Å². The van der Waals surface area contributed by atoms with Crippen molar-refractivity contribution >= 4 is 28.3 Å². The third-order valence-corrected chi connectivity index (χ3v) is 5.29. The molecule has 5 nitrogen and oxygen atoms in total. The van der Waals surface area contributed by atoms with Crippen LogP contribution in [0.2, 0.25) is 0 Å². The number of amides is 2. The summed E-state index contributed by atoms with van der Waals surface area (Å²) in [6.45, 7) is 1.17. The van der Waals surface area contributed by atoms with Gasteiger partial charge in [-0.05, 0) is 24.3 Å². The summed E-state index contributed by atoms with van der Waals surface area (Å²) in [4.78, 5) is 32.3. The Kier molecular flexibility index (Phi) is 4.50. The molecule has 1 N–H and O–H groups in total. The third-order valence-electron chi connectivity index (χ3n) is 4.30. The van der Waals surface area contributed by atoms with Crippen molar-refractivity contribution in [3.63, 3.8) is 0 Å². The van der Waals surface area contributed by atoms with E-state index in [2.05, 4.69) is 10.3 Å². The highest BCUT2D eigenvalue weighted by Gasteiger charge is 2.25. The molecule has 4 rings (SSSR count). The number of rotatable bonds is 3. The molecule has 26 heavy (non-hydrogen) atoms. The number of nitrogens with one attached hydrogen (secondary N) is 1.